The van der Waals surface area contributed by atoms with Crippen LogP contribution in [0, 0.1) is 0 Å². The van der Waals surface area contributed by atoms with Crippen LogP contribution < -0.4 is 5.01 Å². The first-order valence-electron chi connectivity index (χ1n) is 7.70. The number of benzene rings is 1. The van der Waals surface area contributed by atoms with Crippen LogP contribution in [0.4, 0.5) is 0 Å². The van der Waals surface area contributed by atoms with E-state index < -0.39 is 0 Å². The third-order valence-corrected chi connectivity index (χ3v) is 6.37. The van der Waals surface area contributed by atoms with Crippen molar-refractivity contribution in [3.63, 3.8) is 0 Å². The highest BCUT2D eigenvalue weighted by molar-refractivity contribution is 8.07. The van der Waals surface area contributed by atoms with Gasteiger partial charge < -0.3 is 4.98 Å². The Labute approximate surface area is 142 Å². The maximum absolute atomic E-state index is 4.37. The van der Waals surface area contributed by atoms with E-state index in [1.165, 1.54) is 21.5 Å². The van der Waals surface area contributed by atoms with Gasteiger partial charge in [-0.05, 0) is 24.2 Å². The summed E-state index contributed by atoms with van der Waals surface area (Å²) in [5, 5.41) is 17.0. The Kier molecular flexibility index (Phi) is 2.99. The van der Waals surface area contributed by atoms with Crippen molar-refractivity contribution in [1.29, 1.82) is 0 Å². The number of thioether (sulfide) groups is 2. The minimum absolute atomic E-state index is 0.224. The first-order chi connectivity index (χ1) is 11.4. The average Bonchev–Trinajstić information content (AvgIpc) is 3.28. The molecule has 0 amide bonds. The third-order valence-electron chi connectivity index (χ3n) is 4.19. The Bertz CT molecular complexity index is 926. The zero-order valence-corrected chi connectivity index (χ0v) is 14.2. The van der Waals surface area contributed by atoms with Crippen molar-refractivity contribution >= 4 is 34.4 Å². The molecule has 2 aliphatic rings. The number of aromatic nitrogens is 4. The lowest BCUT2D eigenvalue weighted by Crippen LogP contribution is -2.30. The highest BCUT2D eigenvalue weighted by atomic mass is 32.2. The summed E-state index contributed by atoms with van der Waals surface area (Å²) in [5.41, 5.74) is 2.49. The summed E-state index contributed by atoms with van der Waals surface area (Å²) in [6, 6.07) is 8.47. The second kappa shape index (κ2) is 5.07. The van der Waals surface area contributed by atoms with Crippen LogP contribution in [-0.4, -0.2) is 19.9 Å². The highest BCUT2D eigenvalue weighted by Gasteiger charge is 2.40. The van der Waals surface area contributed by atoms with Crippen molar-refractivity contribution in [1.82, 2.24) is 19.9 Å². The van der Waals surface area contributed by atoms with E-state index in [1.54, 1.807) is 11.8 Å². The van der Waals surface area contributed by atoms with Gasteiger partial charge in [0, 0.05) is 34.5 Å². The number of nitrogens with one attached hydrogen (secondary N) is 1. The molecule has 0 fully saturated rings. The van der Waals surface area contributed by atoms with Crippen LogP contribution in [0.1, 0.15) is 30.1 Å². The molecule has 4 heterocycles. The van der Waals surface area contributed by atoms with Gasteiger partial charge in [0.1, 0.15) is 10.4 Å². The standard InChI is InChI=1S/C16H15N5S2/c1-2-5-13-18-19-16-20(13)21-14(23-16)9-22-15(21)11-8-17-12-7-4-3-6-10(11)12/h3-4,6-9,15,17H,2,5H2,1H3. The fraction of sp³-hybridized carbons (Fsp3) is 0.250. The average molecular weight is 341 g/mol. The number of para-hydroxylation sites is 1. The second-order valence-electron chi connectivity index (χ2n) is 5.64. The Hall–Kier alpha value is -1.86. The molecular weight excluding hydrogens is 326 g/mol. The van der Waals surface area contributed by atoms with Crippen molar-refractivity contribution in [2.45, 2.75) is 30.3 Å². The van der Waals surface area contributed by atoms with Crippen LogP contribution in [0.25, 0.3) is 10.9 Å². The number of hydrogen-bond acceptors (Lipinski definition) is 5. The summed E-state index contributed by atoms with van der Waals surface area (Å²) in [6.07, 6.45) is 4.15. The lowest BCUT2D eigenvalue weighted by molar-refractivity contribution is 0.599. The molecule has 7 heteroatoms. The number of H-pyrrole nitrogens is 1. The van der Waals surface area contributed by atoms with Gasteiger partial charge in [0.25, 0.3) is 0 Å². The van der Waals surface area contributed by atoms with Crippen molar-refractivity contribution < 1.29 is 0 Å². The van der Waals surface area contributed by atoms with Crippen LogP contribution in [-0.2, 0) is 6.42 Å². The van der Waals surface area contributed by atoms with Crippen LogP contribution in [0.15, 0.2) is 46.1 Å². The molecular formula is C16H15N5S2. The van der Waals surface area contributed by atoms with Gasteiger partial charge in [-0.1, -0.05) is 36.9 Å². The van der Waals surface area contributed by atoms with Crippen molar-refractivity contribution in [3.05, 3.63) is 52.3 Å². The first kappa shape index (κ1) is 13.6. The maximum Gasteiger partial charge on any atom is 0.216 e. The molecule has 3 aromatic rings. The normalized spacial score (nSPS) is 19.3. The van der Waals surface area contributed by atoms with Gasteiger partial charge in [0.2, 0.25) is 5.16 Å². The number of aryl methyl sites for hydroxylation is 1. The van der Waals surface area contributed by atoms with E-state index >= 15 is 0 Å². The summed E-state index contributed by atoms with van der Waals surface area (Å²) < 4.78 is 2.20. The molecule has 0 saturated carbocycles. The SMILES string of the molecule is CCCc1nnc2n1N1C(=CSC1c1c[nH]c3ccccc13)S2. The number of fused-ring (bicyclic) bond motifs is 4. The van der Waals surface area contributed by atoms with E-state index in [1.807, 2.05) is 11.8 Å². The van der Waals surface area contributed by atoms with Crippen LogP contribution in [0.5, 0.6) is 0 Å². The van der Waals surface area contributed by atoms with Gasteiger partial charge in [-0.3, -0.25) is 5.01 Å². The minimum Gasteiger partial charge on any atom is -0.361 e. The molecule has 23 heavy (non-hydrogen) atoms. The van der Waals surface area contributed by atoms with Gasteiger partial charge >= 0.3 is 0 Å². The maximum atomic E-state index is 4.37. The molecule has 5 rings (SSSR count). The molecule has 0 spiro atoms. The second-order valence-corrected chi connectivity index (χ2v) is 7.58. The smallest absolute Gasteiger partial charge is 0.216 e. The van der Waals surface area contributed by atoms with E-state index in [9.17, 15) is 0 Å². The topological polar surface area (TPSA) is 49.7 Å². The first-order valence-corrected chi connectivity index (χ1v) is 9.46. The third kappa shape index (κ3) is 1.89. The lowest BCUT2D eigenvalue weighted by atomic mass is 10.2. The molecule has 116 valence electrons. The predicted octanol–water partition coefficient (Wildman–Crippen LogP) is 4.00. The number of rotatable bonds is 3. The van der Waals surface area contributed by atoms with E-state index in [0.717, 1.165) is 23.8 Å². The van der Waals surface area contributed by atoms with Crippen molar-refractivity contribution in [3.8, 4) is 0 Å². The molecule has 2 aromatic heterocycles. The van der Waals surface area contributed by atoms with Crippen LogP contribution in [0.3, 0.4) is 0 Å². The molecule has 1 unspecified atom stereocenters. The van der Waals surface area contributed by atoms with E-state index in [2.05, 4.69) is 67.7 Å². The van der Waals surface area contributed by atoms with Gasteiger partial charge in [0.15, 0.2) is 5.82 Å². The van der Waals surface area contributed by atoms with Gasteiger partial charge in [0.05, 0.1) is 0 Å². The van der Waals surface area contributed by atoms with Crippen LogP contribution in [0.2, 0.25) is 0 Å². The Morgan fingerprint density at radius 1 is 1.26 bits per heavy atom. The molecule has 2 aliphatic heterocycles. The van der Waals surface area contributed by atoms with E-state index in [0.29, 0.717) is 0 Å². The summed E-state index contributed by atoms with van der Waals surface area (Å²) in [5.74, 6) is 1.05. The summed E-state index contributed by atoms with van der Waals surface area (Å²) in [4.78, 5) is 3.39. The van der Waals surface area contributed by atoms with Crippen LogP contribution >= 0.6 is 23.5 Å². The number of aromatic amines is 1. The Morgan fingerprint density at radius 2 is 2.17 bits per heavy atom. The highest BCUT2D eigenvalue weighted by Crippen LogP contribution is 2.52. The molecule has 0 saturated heterocycles. The monoisotopic (exact) mass is 341 g/mol. The Balaban J connectivity index is 1.62. The van der Waals surface area contributed by atoms with E-state index in [4.69, 9.17) is 0 Å². The molecule has 5 nitrogen and oxygen atoms in total. The summed E-state index contributed by atoms with van der Waals surface area (Å²) in [6.45, 7) is 2.18. The fourth-order valence-electron chi connectivity index (χ4n) is 3.18. The lowest BCUT2D eigenvalue weighted by Gasteiger charge is -2.25. The Morgan fingerprint density at radius 3 is 3.09 bits per heavy atom. The molecule has 0 aliphatic carbocycles. The summed E-state index contributed by atoms with van der Waals surface area (Å²) in [7, 11) is 0. The van der Waals surface area contributed by atoms with E-state index in [-0.39, 0.29) is 5.37 Å². The number of nitrogens with zero attached hydrogens (tertiary/aromatic N) is 4. The minimum atomic E-state index is 0.224. The van der Waals surface area contributed by atoms with Crippen molar-refractivity contribution in [2.24, 2.45) is 0 Å². The molecule has 1 N–H and O–H groups in total. The molecule has 0 bridgehead atoms. The molecule has 1 aromatic carbocycles. The van der Waals surface area contributed by atoms with Gasteiger partial charge in [-0.15, -0.1) is 10.2 Å². The largest absolute Gasteiger partial charge is 0.361 e. The number of hydrogen-bond donors (Lipinski definition) is 1. The predicted molar refractivity (Wildman–Crippen MR) is 94.8 cm³/mol. The van der Waals surface area contributed by atoms with Gasteiger partial charge in [-0.25, -0.2) is 4.68 Å². The zero-order chi connectivity index (χ0) is 15.4. The van der Waals surface area contributed by atoms with Crippen molar-refractivity contribution in [2.75, 3.05) is 5.01 Å². The molecule has 1 atom stereocenters. The molecule has 0 radical (unpaired) electrons. The fourth-order valence-corrected chi connectivity index (χ4v) is 5.45. The quantitative estimate of drug-likeness (QED) is 0.780. The zero-order valence-electron chi connectivity index (χ0n) is 12.6. The van der Waals surface area contributed by atoms with Gasteiger partial charge in [-0.2, -0.15) is 0 Å². The summed E-state index contributed by atoms with van der Waals surface area (Å²) >= 11 is 3.55.